The maximum Gasteiger partial charge on any atom is 0.259 e. The van der Waals surface area contributed by atoms with E-state index in [-0.39, 0.29) is 5.91 Å². The van der Waals surface area contributed by atoms with Crippen LogP contribution in [0.25, 0.3) is 0 Å². The van der Waals surface area contributed by atoms with Gasteiger partial charge in [-0.05, 0) is 48.6 Å². The molecular weight excluding hydrogens is 334 g/mol. The molecule has 1 saturated heterocycles. The Morgan fingerprint density at radius 1 is 0.926 bits per heavy atom. The molecule has 136 valence electrons. The molecule has 4 nitrogen and oxygen atoms in total. The third-order valence-corrected chi connectivity index (χ3v) is 4.94. The van der Waals surface area contributed by atoms with Crippen LogP contribution in [0.5, 0.6) is 0 Å². The van der Waals surface area contributed by atoms with E-state index in [1.54, 1.807) is 6.20 Å². The van der Waals surface area contributed by atoms with Crippen LogP contribution < -0.4 is 10.2 Å². The number of anilines is 2. The van der Waals surface area contributed by atoms with Crippen LogP contribution in [0.15, 0.2) is 72.9 Å². The van der Waals surface area contributed by atoms with Gasteiger partial charge in [0.15, 0.2) is 0 Å². The first kappa shape index (κ1) is 17.3. The summed E-state index contributed by atoms with van der Waals surface area (Å²) < 4.78 is 0. The van der Waals surface area contributed by atoms with E-state index in [4.69, 9.17) is 0 Å². The topological polar surface area (TPSA) is 45.2 Å². The molecule has 0 saturated carbocycles. The van der Waals surface area contributed by atoms with E-state index in [2.05, 4.69) is 33.4 Å². The van der Waals surface area contributed by atoms with Crippen LogP contribution in [0, 0.1) is 0 Å². The number of aromatic nitrogens is 1. The summed E-state index contributed by atoms with van der Waals surface area (Å²) in [5.74, 6) is 0.679. The minimum absolute atomic E-state index is 0.106. The summed E-state index contributed by atoms with van der Waals surface area (Å²) in [5.41, 5.74) is 3.80. The van der Waals surface area contributed by atoms with Gasteiger partial charge in [-0.1, -0.05) is 48.5 Å². The van der Waals surface area contributed by atoms with Gasteiger partial charge in [0.25, 0.3) is 5.91 Å². The number of amides is 1. The fourth-order valence-corrected chi connectivity index (χ4v) is 3.56. The van der Waals surface area contributed by atoms with Gasteiger partial charge in [0.2, 0.25) is 0 Å². The van der Waals surface area contributed by atoms with Crippen LogP contribution in [-0.2, 0) is 6.42 Å². The van der Waals surface area contributed by atoms with Gasteiger partial charge in [0.05, 0.1) is 5.56 Å². The van der Waals surface area contributed by atoms with Crippen molar-refractivity contribution in [3.05, 3.63) is 89.6 Å². The summed E-state index contributed by atoms with van der Waals surface area (Å²) >= 11 is 0. The molecule has 0 unspecified atom stereocenters. The third-order valence-electron chi connectivity index (χ3n) is 4.94. The van der Waals surface area contributed by atoms with Gasteiger partial charge >= 0.3 is 0 Å². The molecule has 1 aliphatic rings. The molecule has 27 heavy (non-hydrogen) atoms. The van der Waals surface area contributed by atoms with Gasteiger partial charge in [-0.15, -0.1) is 0 Å². The van der Waals surface area contributed by atoms with E-state index in [0.29, 0.717) is 5.56 Å². The van der Waals surface area contributed by atoms with Crippen molar-refractivity contribution in [1.82, 2.24) is 4.98 Å². The first-order valence-electron chi connectivity index (χ1n) is 9.44. The summed E-state index contributed by atoms with van der Waals surface area (Å²) in [6, 6.07) is 22.0. The van der Waals surface area contributed by atoms with Crippen LogP contribution in [-0.4, -0.2) is 24.0 Å². The summed E-state index contributed by atoms with van der Waals surface area (Å²) in [6.07, 6.45) is 4.84. The number of rotatable bonds is 5. The molecule has 0 bridgehead atoms. The lowest BCUT2D eigenvalue weighted by Crippen LogP contribution is -2.24. The van der Waals surface area contributed by atoms with Crippen molar-refractivity contribution in [3.63, 3.8) is 0 Å². The number of benzene rings is 2. The Bertz CT molecular complexity index is 918. The molecule has 1 amide bonds. The van der Waals surface area contributed by atoms with Gasteiger partial charge in [-0.3, -0.25) is 4.79 Å². The fraction of sp³-hybridized carbons (Fsp3) is 0.217. The van der Waals surface area contributed by atoms with Crippen LogP contribution in [0.4, 0.5) is 11.5 Å². The number of carbonyl (C=O) groups is 1. The molecule has 1 aliphatic heterocycles. The Hall–Kier alpha value is -3.14. The van der Waals surface area contributed by atoms with Gasteiger partial charge in [-0.25, -0.2) is 4.98 Å². The monoisotopic (exact) mass is 357 g/mol. The maximum atomic E-state index is 13.0. The van der Waals surface area contributed by atoms with E-state index in [0.717, 1.165) is 49.4 Å². The average molecular weight is 357 g/mol. The summed E-state index contributed by atoms with van der Waals surface area (Å²) in [7, 11) is 0. The molecule has 3 aromatic rings. The van der Waals surface area contributed by atoms with Crippen molar-refractivity contribution >= 4 is 17.4 Å². The molecular formula is C23H23N3O. The molecule has 0 aliphatic carbocycles. The molecule has 4 heteroatoms. The molecule has 2 heterocycles. The summed E-state index contributed by atoms with van der Waals surface area (Å²) in [4.78, 5) is 19.7. The van der Waals surface area contributed by atoms with E-state index in [9.17, 15) is 4.79 Å². The van der Waals surface area contributed by atoms with Crippen molar-refractivity contribution in [1.29, 1.82) is 0 Å². The van der Waals surface area contributed by atoms with E-state index in [1.165, 1.54) is 5.56 Å². The first-order chi connectivity index (χ1) is 13.3. The fourth-order valence-electron chi connectivity index (χ4n) is 3.56. The zero-order valence-corrected chi connectivity index (χ0v) is 15.3. The zero-order valence-electron chi connectivity index (χ0n) is 15.3. The molecule has 0 spiro atoms. The molecule has 1 aromatic heterocycles. The molecule has 0 radical (unpaired) electrons. The van der Waals surface area contributed by atoms with Crippen molar-refractivity contribution < 1.29 is 4.79 Å². The molecule has 0 atom stereocenters. The Morgan fingerprint density at radius 3 is 2.48 bits per heavy atom. The van der Waals surface area contributed by atoms with Gasteiger partial charge in [0.1, 0.15) is 5.82 Å². The number of hydrogen-bond donors (Lipinski definition) is 1. The highest BCUT2D eigenvalue weighted by atomic mass is 16.1. The van der Waals surface area contributed by atoms with E-state index in [1.807, 2.05) is 48.5 Å². The Labute approximate surface area is 159 Å². The van der Waals surface area contributed by atoms with Crippen LogP contribution in [0.1, 0.15) is 34.3 Å². The highest BCUT2D eigenvalue weighted by molar-refractivity contribution is 6.07. The lowest BCUT2D eigenvalue weighted by Gasteiger charge is -2.19. The lowest BCUT2D eigenvalue weighted by atomic mass is 10.0. The predicted octanol–water partition coefficient (Wildman–Crippen LogP) is 4.52. The number of nitrogens with one attached hydrogen (secondary N) is 1. The minimum Gasteiger partial charge on any atom is -0.356 e. The van der Waals surface area contributed by atoms with Crippen molar-refractivity contribution in [2.45, 2.75) is 19.3 Å². The second-order valence-corrected chi connectivity index (χ2v) is 6.84. The van der Waals surface area contributed by atoms with Crippen molar-refractivity contribution in [3.8, 4) is 0 Å². The highest BCUT2D eigenvalue weighted by Crippen LogP contribution is 2.24. The van der Waals surface area contributed by atoms with Crippen LogP contribution in [0.2, 0.25) is 0 Å². The normalized spacial score (nSPS) is 13.6. The molecule has 1 N–H and O–H groups in total. The van der Waals surface area contributed by atoms with Gasteiger partial charge < -0.3 is 10.2 Å². The largest absolute Gasteiger partial charge is 0.356 e. The Balaban J connectivity index is 1.57. The summed E-state index contributed by atoms with van der Waals surface area (Å²) in [6.45, 7) is 1.92. The molecule has 1 fully saturated rings. The number of pyridine rings is 1. The van der Waals surface area contributed by atoms with Gasteiger partial charge in [0, 0.05) is 25.0 Å². The van der Waals surface area contributed by atoms with E-state index < -0.39 is 0 Å². The van der Waals surface area contributed by atoms with Crippen LogP contribution >= 0.6 is 0 Å². The standard InChI is InChI=1S/C23H23N3O/c27-23(20-12-8-14-24-22(20)26-15-6-7-16-26)25-21-13-5-4-11-19(21)17-18-9-2-1-3-10-18/h1-5,8-14H,6-7,15-17H2,(H,25,27). The third kappa shape index (κ3) is 4.00. The maximum absolute atomic E-state index is 13.0. The highest BCUT2D eigenvalue weighted by Gasteiger charge is 2.21. The van der Waals surface area contributed by atoms with Crippen LogP contribution in [0.3, 0.4) is 0 Å². The van der Waals surface area contributed by atoms with Crippen molar-refractivity contribution in [2.75, 3.05) is 23.3 Å². The van der Waals surface area contributed by atoms with E-state index >= 15 is 0 Å². The number of hydrogen-bond acceptors (Lipinski definition) is 3. The number of nitrogens with zero attached hydrogens (tertiary/aromatic N) is 2. The zero-order chi connectivity index (χ0) is 18.5. The minimum atomic E-state index is -0.106. The second-order valence-electron chi connectivity index (χ2n) is 6.84. The summed E-state index contributed by atoms with van der Waals surface area (Å²) in [5, 5.41) is 3.11. The van der Waals surface area contributed by atoms with Gasteiger partial charge in [-0.2, -0.15) is 0 Å². The predicted molar refractivity (Wildman–Crippen MR) is 109 cm³/mol. The Morgan fingerprint density at radius 2 is 1.67 bits per heavy atom. The van der Waals surface area contributed by atoms with Crippen molar-refractivity contribution in [2.24, 2.45) is 0 Å². The lowest BCUT2D eigenvalue weighted by molar-refractivity contribution is 0.102. The Kier molecular flexibility index (Phi) is 5.15. The second kappa shape index (κ2) is 8.04. The average Bonchev–Trinajstić information content (AvgIpc) is 3.25. The molecule has 2 aromatic carbocycles. The quantitative estimate of drug-likeness (QED) is 0.730. The smallest absolute Gasteiger partial charge is 0.259 e. The molecule has 4 rings (SSSR count). The SMILES string of the molecule is O=C(Nc1ccccc1Cc1ccccc1)c1cccnc1N1CCCC1. The number of carbonyl (C=O) groups excluding carboxylic acids is 1. The number of para-hydroxylation sites is 1. The first-order valence-corrected chi connectivity index (χ1v) is 9.44.